The summed E-state index contributed by atoms with van der Waals surface area (Å²) in [6, 6.07) is 11.0. The summed E-state index contributed by atoms with van der Waals surface area (Å²) in [5.74, 6) is -0.153. The quantitative estimate of drug-likeness (QED) is 0.267. The van der Waals surface area contributed by atoms with Crippen LogP contribution >= 0.6 is 0 Å². The van der Waals surface area contributed by atoms with Crippen molar-refractivity contribution < 1.29 is 18.7 Å². The Hall–Kier alpha value is -5.79. The van der Waals surface area contributed by atoms with E-state index in [0.29, 0.717) is 73.5 Å². The van der Waals surface area contributed by atoms with Crippen LogP contribution in [-0.2, 0) is 18.4 Å². The van der Waals surface area contributed by atoms with Crippen LogP contribution in [0.15, 0.2) is 72.1 Å². The van der Waals surface area contributed by atoms with Crippen LogP contribution in [0.3, 0.4) is 0 Å². The molecule has 0 aliphatic carbocycles. The molecule has 1 N–H and O–H groups in total. The minimum Gasteiger partial charge on any atom is -0.496 e. The molecule has 0 radical (unpaired) electrons. The maximum Gasteiger partial charge on any atom is 0.347 e. The average Bonchev–Trinajstić information content (AvgIpc) is 3.83. The maximum absolute atomic E-state index is 16.6. The Morgan fingerprint density at radius 3 is 2.59 bits per heavy atom. The van der Waals surface area contributed by atoms with Gasteiger partial charge in [0.1, 0.15) is 11.4 Å². The Balaban J connectivity index is 1.19. The van der Waals surface area contributed by atoms with E-state index in [0.717, 1.165) is 11.3 Å². The number of carbonyl (C=O) groups is 2. The van der Waals surface area contributed by atoms with Crippen molar-refractivity contribution in [1.82, 2.24) is 39.3 Å². The summed E-state index contributed by atoms with van der Waals surface area (Å²) < 4.78 is 25.4. The Bertz CT molecular complexity index is 2110. The van der Waals surface area contributed by atoms with E-state index < -0.39 is 5.82 Å². The maximum atomic E-state index is 16.6. The summed E-state index contributed by atoms with van der Waals surface area (Å²) in [5, 5.41) is 8.28. The predicted octanol–water partition coefficient (Wildman–Crippen LogP) is 3.34. The number of carbonyl (C=O) groups excluding carboxylic acids is 2. The number of nitrogens with one attached hydrogen (secondary N) is 1. The fraction of sp³-hybridized carbons (Fsp3) is 0.314. The number of anilines is 1. The van der Waals surface area contributed by atoms with Crippen LogP contribution in [0, 0.1) is 5.82 Å². The van der Waals surface area contributed by atoms with E-state index in [1.807, 2.05) is 30.3 Å². The highest BCUT2D eigenvalue weighted by Gasteiger charge is 2.28. The first kappa shape index (κ1) is 31.8. The first-order valence-corrected chi connectivity index (χ1v) is 16.2. The largest absolute Gasteiger partial charge is 0.496 e. The van der Waals surface area contributed by atoms with Crippen molar-refractivity contribution in [2.24, 2.45) is 7.05 Å². The van der Waals surface area contributed by atoms with Crippen molar-refractivity contribution in [3.8, 4) is 16.9 Å². The molecule has 1 saturated heterocycles. The molecule has 13 nitrogen and oxygen atoms in total. The molecule has 0 atom stereocenters. The molecule has 1 fully saturated rings. The lowest BCUT2D eigenvalue weighted by Crippen LogP contribution is -2.49. The highest BCUT2D eigenvalue weighted by atomic mass is 19.1. The number of halogens is 1. The summed E-state index contributed by atoms with van der Waals surface area (Å²) in [6.07, 6.45) is 9.38. The van der Waals surface area contributed by atoms with E-state index in [1.165, 1.54) is 4.57 Å². The van der Waals surface area contributed by atoms with Gasteiger partial charge in [0.05, 0.1) is 37.3 Å². The molecule has 49 heavy (non-hydrogen) atoms. The van der Waals surface area contributed by atoms with Crippen LogP contribution in [-0.4, -0.2) is 97.5 Å². The fourth-order valence-electron chi connectivity index (χ4n) is 6.57. The van der Waals surface area contributed by atoms with Crippen molar-refractivity contribution >= 4 is 34.0 Å². The number of aryl methyl sites for hydroxylation is 2. The SMILES string of the molecule is COc1ccccc1-c1cc(C2=CCCN(C(=O)CCn3ccnn3)C2)c(F)c2[nH]c(C(=O)N3CCN(c4cnc(=O)n(C)c4)CC3)cc12. The molecule has 7 rings (SSSR count). The van der Waals surface area contributed by atoms with Gasteiger partial charge in [-0.1, -0.05) is 29.5 Å². The highest BCUT2D eigenvalue weighted by molar-refractivity contribution is 6.05. The zero-order valence-electron chi connectivity index (χ0n) is 27.3. The second-order valence-electron chi connectivity index (χ2n) is 12.2. The van der Waals surface area contributed by atoms with Crippen LogP contribution in [0.4, 0.5) is 10.1 Å². The molecule has 5 heterocycles. The van der Waals surface area contributed by atoms with Gasteiger partial charge < -0.3 is 29.0 Å². The van der Waals surface area contributed by atoms with Crippen molar-refractivity contribution in [3.05, 3.63) is 94.8 Å². The Morgan fingerprint density at radius 1 is 1.02 bits per heavy atom. The molecule has 2 aliphatic rings. The number of para-hydroxylation sites is 1. The number of aromatic amines is 1. The van der Waals surface area contributed by atoms with E-state index in [2.05, 4.69) is 25.2 Å². The van der Waals surface area contributed by atoms with Gasteiger partial charge in [0, 0.05) is 81.6 Å². The van der Waals surface area contributed by atoms with E-state index in [4.69, 9.17) is 4.74 Å². The first-order valence-electron chi connectivity index (χ1n) is 16.2. The summed E-state index contributed by atoms with van der Waals surface area (Å²) in [5.41, 5.74) is 3.50. The third-order valence-corrected chi connectivity index (χ3v) is 9.22. The van der Waals surface area contributed by atoms with Gasteiger partial charge in [-0.05, 0) is 35.8 Å². The molecule has 2 amide bonds. The number of benzene rings is 2. The van der Waals surface area contributed by atoms with Crippen molar-refractivity contribution in [1.29, 1.82) is 0 Å². The number of amides is 2. The van der Waals surface area contributed by atoms with Crippen molar-refractivity contribution in [2.75, 3.05) is 51.3 Å². The number of methoxy groups -OCH3 is 1. The number of hydrogen-bond donors (Lipinski definition) is 1. The third-order valence-electron chi connectivity index (χ3n) is 9.22. The molecular formula is C35H36FN9O4. The van der Waals surface area contributed by atoms with Crippen LogP contribution in [0.25, 0.3) is 27.6 Å². The topological polar surface area (TPSA) is 134 Å². The first-order chi connectivity index (χ1) is 23.8. The minimum absolute atomic E-state index is 0.0482. The Kier molecular flexibility index (Phi) is 8.68. The standard InChI is InChI=1S/C35H36FN9O4/c1-41-22-24(20-37-35(41)48)42-14-16-43(17-15-42)34(47)29-19-28-27(25-7-3-4-8-30(25)49-2)18-26(32(36)33(28)39-29)23-6-5-11-44(21-23)31(46)9-12-45-13-10-38-40-45/h3-4,6-8,10,13,18-20,22,39H,5,9,11-12,14-17,21H2,1-2H3. The normalized spacial score (nSPS) is 15.1. The van der Waals surface area contributed by atoms with Crippen LogP contribution in [0.1, 0.15) is 28.9 Å². The zero-order chi connectivity index (χ0) is 34.1. The molecule has 3 aromatic heterocycles. The van der Waals surface area contributed by atoms with E-state index in [-0.39, 0.29) is 41.7 Å². The van der Waals surface area contributed by atoms with E-state index in [9.17, 15) is 14.4 Å². The van der Waals surface area contributed by atoms with Gasteiger partial charge in [0.25, 0.3) is 5.91 Å². The number of H-pyrrole nitrogens is 1. The Morgan fingerprint density at radius 2 is 1.84 bits per heavy atom. The van der Waals surface area contributed by atoms with Crippen molar-refractivity contribution in [2.45, 2.75) is 19.4 Å². The van der Waals surface area contributed by atoms with E-state index >= 15 is 4.39 Å². The van der Waals surface area contributed by atoms with Gasteiger partial charge in [0.15, 0.2) is 5.82 Å². The summed E-state index contributed by atoms with van der Waals surface area (Å²) in [6.45, 7) is 3.20. The third kappa shape index (κ3) is 6.28. The van der Waals surface area contributed by atoms with Crippen molar-refractivity contribution in [3.63, 3.8) is 0 Å². The lowest BCUT2D eigenvalue weighted by Gasteiger charge is -2.35. The number of ether oxygens (including phenoxy) is 1. The van der Waals surface area contributed by atoms with Gasteiger partial charge in [0.2, 0.25) is 5.91 Å². The molecule has 0 spiro atoms. The van der Waals surface area contributed by atoms with Crippen LogP contribution < -0.4 is 15.3 Å². The van der Waals surface area contributed by atoms with Gasteiger partial charge in [-0.3, -0.25) is 14.3 Å². The van der Waals surface area contributed by atoms with Gasteiger partial charge in [-0.15, -0.1) is 5.10 Å². The molecule has 0 unspecified atom stereocenters. The number of nitrogens with zero attached hydrogens (tertiary/aromatic N) is 8. The lowest BCUT2D eigenvalue weighted by molar-refractivity contribution is -0.131. The molecule has 2 aliphatic heterocycles. The number of piperazine rings is 1. The molecular weight excluding hydrogens is 629 g/mol. The zero-order valence-corrected chi connectivity index (χ0v) is 27.3. The predicted molar refractivity (Wildman–Crippen MR) is 182 cm³/mol. The minimum atomic E-state index is -0.483. The number of aromatic nitrogens is 6. The molecule has 0 bridgehead atoms. The molecule has 14 heteroatoms. The highest BCUT2D eigenvalue weighted by Crippen LogP contribution is 2.40. The van der Waals surface area contributed by atoms with E-state index in [1.54, 1.807) is 65.6 Å². The lowest BCUT2D eigenvalue weighted by atomic mass is 9.93. The molecule has 252 valence electrons. The molecule has 2 aromatic carbocycles. The second-order valence-corrected chi connectivity index (χ2v) is 12.2. The Labute approximate surface area is 281 Å². The van der Waals surface area contributed by atoms with Gasteiger partial charge >= 0.3 is 5.69 Å². The van der Waals surface area contributed by atoms with Crippen LogP contribution in [0.2, 0.25) is 0 Å². The smallest absolute Gasteiger partial charge is 0.347 e. The summed E-state index contributed by atoms with van der Waals surface area (Å²) >= 11 is 0. The number of hydrogen-bond acceptors (Lipinski definition) is 8. The summed E-state index contributed by atoms with van der Waals surface area (Å²) in [7, 11) is 3.24. The monoisotopic (exact) mass is 665 g/mol. The molecule has 5 aromatic rings. The number of fused-ring (bicyclic) bond motifs is 1. The summed E-state index contributed by atoms with van der Waals surface area (Å²) in [4.78, 5) is 51.3. The van der Waals surface area contributed by atoms with Gasteiger partial charge in [-0.2, -0.15) is 4.98 Å². The second kappa shape index (κ2) is 13.4. The fourth-order valence-corrected chi connectivity index (χ4v) is 6.57. The molecule has 0 saturated carbocycles. The number of rotatable bonds is 8. The average molecular weight is 666 g/mol. The van der Waals surface area contributed by atoms with Crippen LogP contribution in [0.5, 0.6) is 5.75 Å². The van der Waals surface area contributed by atoms with Gasteiger partial charge in [-0.25, -0.2) is 9.18 Å².